The van der Waals surface area contributed by atoms with E-state index in [0.717, 1.165) is 22.8 Å². The molecule has 2 amide bonds. The van der Waals surface area contributed by atoms with Gasteiger partial charge in [0.25, 0.3) is 17.4 Å². The number of aromatic nitrogens is 1. The van der Waals surface area contributed by atoms with Gasteiger partial charge in [-0.15, -0.1) is 0 Å². The highest BCUT2D eigenvalue weighted by Gasteiger charge is 2.33. The van der Waals surface area contributed by atoms with Gasteiger partial charge in [-0.25, -0.2) is 0 Å². The summed E-state index contributed by atoms with van der Waals surface area (Å²) in [6.45, 7) is 0. The molecule has 0 unspecified atom stereocenters. The molecule has 0 saturated heterocycles. The number of benzene rings is 1. The third-order valence-corrected chi connectivity index (χ3v) is 4.68. The Morgan fingerprint density at radius 1 is 1.04 bits per heavy atom. The summed E-state index contributed by atoms with van der Waals surface area (Å²) in [7, 11) is 0. The second-order valence-electron chi connectivity index (χ2n) is 5.06. The zero-order chi connectivity index (χ0) is 19.4. The predicted octanol–water partition coefficient (Wildman–Crippen LogP) is 3.22. The smallest absolute Gasteiger partial charge is 0.384 e. The molecule has 26 heavy (non-hydrogen) atoms. The molecule has 2 aromatic rings. The van der Waals surface area contributed by atoms with Crippen molar-refractivity contribution in [2.75, 3.05) is 5.73 Å². The number of imide groups is 1. The lowest BCUT2D eigenvalue weighted by Crippen LogP contribution is -2.24. The zero-order valence-corrected chi connectivity index (χ0v) is 14.6. The maximum atomic E-state index is 12.5. The lowest BCUT2D eigenvalue weighted by Gasteiger charge is -2.16. The first kappa shape index (κ1) is 18.6. The topological polar surface area (TPSA) is 94.2 Å². The van der Waals surface area contributed by atoms with Crippen LogP contribution >= 0.6 is 35.0 Å². The molecule has 2 heterocycles. The fourth-order valence-corrected chi connectivity index (χ4v) is 3.86. The van der Waals surface area contributed by atoms with Crippen LogP contribution in [0, 0.1) is 0 Å². The van der Waals surface area contributed by atoms with E-state index < -0.39 is 40.5 Å². The number of nitrogen functional groups attached to an aromatic ring is 1. The number of nitrogens with two attached hydrogens (primary N) is 1. The molecule has 6 nitrogen and oxygen atoms in total. The van der Waals surface area contributed by atoms with Gasteiger partial charge in [-0.1, -0.05) is 23.2 Å². The summed E-state index contributed by atoms with van der Waals surface area (Å²) in [5.74, 6) is -2.00. The van der Waals surface area contributed by atoms with Crippen molar-refractivity contribution < 1.29 is 22.8 Å². The molecule has 1 aromatic carbocycles. The summed E-state index contributed by atoms with van der Waals surface area (Å²) >= 11 is 11.6. The Morgan fingerprint density at radius 2 is 1.62 bits per heavy atom. The van der Waals surface area contributed by atoms with Crippen molar-refractivity contribution in [2.45, 2.75) is 10.4 Å². The van der Waals surface area contributed by atoms with Gasteiger partial charge in [0.05, 0.1) is 26.9 Å². The van der Waals surface area contributed by atoms with Crippen LogP contribution in [0.4, 0.5) is 19.0 Å². The Kier molecular flexibility index (Phi) is 4.45. The molecule has 0 bridgehead atoms. The molecule has 3 N–H and O–H groups in total. The largest absolute Gasteiger partial charge is 0.446 e. The number of nitrogens with zero attached hydrogens (tertiary/aromatic N) is 1. The van der Waals surface area contributed by atoms with Crippen molar-refractivity contribution in [1.29, 1.82) is 0 Å². The molecule has 0 fully saturated rings. The fourth-order valence-electron chi connectivity index (χ4n) is 2.46. The number of carbonyl (C=O) groups is 2. The van der Waals surface area contributed by atoms with Crippen molar-refractivity contribution in [3.8, 4) is 5.69 Å². The van der Waals surface area contributed by atoms with E-state index in [4.69, 9.17) is 28.9 Å². The molecule has 3 rings (SSSR count). The van der Waals surface area contributed by atoms with Crippen LogP contribution in [0.5, 0.6) is 0 Å². The van der Waals surface area contributed by atoms with Crippen LogP contribution in [0.1, 0.15) is 20.7 Å². The van der Waals surface area contributed by atoms with Gasteiger partial charge in [-0.05, 0) is 23.9 Å². The first-order chi connectivity index (χ1) is 12.0. The van der Waals surface area contributed by atoms with Gasteiger partial charge in [-0.2, -0.15) is 13.2 Å². The van der Waals surface area contributed by atoms with Gasteiger partial charge in [0, 0.05) is 11.0 Å². The molecule has 0 radical (unpaired) electrons. The minimum Gasteiger partial charge on any atom is -0.384 e. The van der Waals surface area contributed by atoms with Crippen molar-refractivity contribution in [3.05, 3.63) is 49.7 Å². The van der Waals surface area contributed by atoms with Crippen LogP contribution in [0.2, 0.25) is 10.0 Å². The Morgan fingerprint density at radius 3 is 2.15 bits per heavy atom. The molecule has 1 aliphatic heterocycles. The Hall–Kier alpha value is -2.17. The van der Waals surface area contributed by atoms with Crippen molar-refractivity contribution >= 4 is 52.6 Å². The number of nitrogens with one attached hydrogen (secondary N) is 1. The van der Waals surface area contributed by atoms with E-state index in [9.17, 15) is 27.6 Å². The number of amides is 2. The number of hydrogen-bond acceptors (Lipinski definition) is 5. The average molecular weight is 424 g/mol. The number of hydrogen-bond donors (Lipinski definition) is 2. The van der Waals surface area contributed by atoms with Gasteiger partial charge in [-0.3, -0.25) is 24.3 Å². The van der Waals surface area contributed by atoms with Crippen LogP contribution in [0.15, 0.2) is 27.9 Å². The van der Waals surface area contributed by atoms with Crippen LogP contribution in [0.25, 0.3) is 5.69 Å². The summed E-state index contributed by atoms with van der Waals surface area (Å²) in [6.07, 6.45) is 0. The van der Waals surface area contributed by atoms with Gasteiger partial charge >= 0.3 is 5.51 Å². The predicted molar refractivity (Wildman–Crippen MR) is 90.2 cm³/mol. The van der Waals surface area contributed by atoms with Gasteiger partial charge < -0.3 is 5.73 Å². The highest BCUT2D eigenvalue weighted by molar-refractivity contribution is 8.00. The normalized spacial score (nSPS) is 13.7. The highest BCUT2D eigenvalue weighted by atomic mass is 35.5. The highest BCUT2D eigenvalue weighted by Crippen LogP contribution is 2.41. The molecule has 0 atom stereocenters. The zero-order valence-electron chi connectivity index (χ0n) is 12.3. The summed E-state index contributed by atoms with van der Waals surface area (Å²) < 4.78 is 38.3. The van der Waals surface area contributed by atoms with E-state index in [0.29, 0.717) is 0 Å². The quantitative estimate of drug-likeness (QED) is 0.571. The summed E-state index contributed by atoms with van der Waals surface area (Å²) in [5.41, 5.74) is -0.183. The van der Waals surface area contributed by atoms with Crippen LogP contribution in [-0.4, -0.2) is 21.9 Å². The molecule has 1 aliphatic rings. The third kappa shape index (κ3) is 3.15. The molecule has 0 saturated carbocycles. The number of fused-ring (bicyclic) bond motifs is 1. The van der Waals surface area contributed by atoms with Crippen LogP contribution < -0.4 is 16.6 Å². The maximum Gasteiger partial charge on any atom is 0.446 e. The summed E-state index contributed by atoms with van der Waals surface area (Å²) in [6, 6.07) is 2.80. The van der Waals surface area contributed by atoms with Crippen molar-refractivity contribution in [2.24, 2.45) is 0 Å². The van der Waals surface area contributed by atoms with E-state index >= 15 is 0 Å². The van der Waals surface area contributed by atoms with E-state index in [-0.39, 0.29) is 31.8 Å². The van der Waals surface area contributed by atoms with E-state index in [2.05, 4.69) is 0 Å². The van der Waals surface area contributed by atoms with E-state index in [1.54, 1.807) is 0 Å². The van der Waals surface area contributed by atoms with Gasteiger partial charge in [0.2, 0.25) is 0 Å². The monoisotopic (exact) mass is 423 g/mol. The first-order valence-corrected chi connectivity index (χ1v) is 8.23. The molecular weight excluding hydrogens is 418 g/mol. The summed E-state index contributed by atoms with van der Waals surface area (Å²) in [5, 5.41) is 1.41. The van der Waals surface area contributed by atoms with Gasteiger partial charge in [0.15, 0.2) is 0 Å². The maximum absolute atomic E-state index is 12.5. The molecule has 0 aliphatic carbocycles. The van der Waals surface area contributed by atoms with Crippen LogP contribution in [-0.2, 0) is 0 Å². The number of rotatable bonds is 2. The number of anilines is 1. The standard InChI is InChI=1S/C14H6Cl2F3N3O3S/c15-6-1-4(26-14(17,18)19)2-7(16)10(6)22-8(23)3-5-9(11(22)20)13(25)21-12(5)24/h1-3H,20H2,(H,21,24,25). The van der Waals surface area contributed by atoms with Crippen molar-refractivity contribution in [3.63, 3.8) is 0 Å². The summed E-state index contributed by atoms with van der Waals surface area (Å²) in [4.78, 5) is 35.6. The number of halogens is 5. The molecular formula is C14H6Cl2F3N3O3S. The Labute approximate surface area is 157 Å². The fraction of sp³-hybridized carbons (Fsp3) is 0.0714. The minimum atomic E-state index is -4.56. The van der Waals surface area contributed by atoms with Crippen LogP contribution in [0.3, 0.4) is 0 Å². The van der Waals surface area contributed by atoms with Gasteiger partial charge in [0.1, 0.15) is 5.82 Å². The number of thioether (sulfide) groups is 1. The molecule has 0 spiro atoms. The lowest BCUT2D eigenvalue weighted by atomic mass is 10.1. The SMILES string of the molecule is Nc1c2c(cc(=O)n1-c1c(Cl)cc(SC(F)(F)F)cc1Cl)C(=O)NC2=O. The third-order valence-electron chi connectivity index (χ3n) is 3.40. The van der Waals surface area contributed by atoms with E-state index in [1.807, 2.05) is 5.32 Å². The molecule has 12 heteroatoms. The minimum absolute atomic E-state index is 0.197. The Bertz CT molecular complexity index is 1010. The number of carbonyl (C=O) groups excluding carboxylic acids is 2. The number of pyridine rings is 1. The second-order valence-corrected chi connectivity index (χ2v) is 7.01. The average Bonchev–Trinajstić information content (AvgIpc) is 2.74. The van der Waals surface area contributed by atoms with E-state index in [1.165, 1.54) is 0 Å². The second kappa shape index (κ2) is 6.22. The van der Waals surface area contributed by atoms with Crippen molar-refractivity contribution in [1.82, 2.24) is 9.88 Å². The molecule has 136 valence electrons. The first-order valence-electron chi connectivity index (χ1n) is 6.66. The number of alkyl halides is 3. The molecule has 1 aromatic heterocycles. The Balaban J connectivity index is 2.23. The lowest BCUT2D eigenvalue weighted by molar-refractivity contribution is -0.0328.